The van der Waals surface area contributed by atoms with Crippen molar-refractivity contribution in [1.29, 1.82) is 0 Å². The molecular weight excluding hydrogens is 252 g/mol. The summed E-state index contributed by atoms with van der Waals surface area (Å²) in [6, 6.07) is 6.20. The van der Waals surface area contributed by atoms with Crippen LogP contribution in [0.4, 0.5) is 0 Å². The Bertz CT molecular complexity index is 384. The topological polar surface area (TPSA) is 46.5 Å². The first-order chi connectivity index (χ1) is 9.67. The lowest BCUT2D eigenvalue weighted by Gasteiger charge is -2.17. The minimum atomic E-state index is -0.293. The molecule has 20 heavy (non-hydrogen) atoms. The zero-order chi connectivity index (χ0) is 14.8. The zero-order valence-electron chi connectivity index (χ0n) is 12.6. The third kappa shape index (κ3) is 6.09. The molecule has 112 valence electrons. The van der Waals surface area contributed by atoms with E-state index in [9.17, 15) is 9.90 Å². The van der Waals surface area contributed by atoms with Crippen LogP contribution in [0.5, 0.6) is 5.75 Å². The molecule has 1 N–H and O–H groups in total. The lowest BCUT2D eigenvalue weighted by molar-refractivity contribution is 0.0253. The Kier molecular flexibility index (Phi) is 7.78. The number of esters is 1. The highest BCUT2D eigenvalue weighted by atomic mass is 16.5. The quantitative estimate of drug-likeness (QED) is 0.526. The second kappa shape index (κ2) is 9.40. The molecule has 1 atom stereocenters. The van der Waals surface area contributed by atoms with Crippen molar-refractivity contribution in [1.82, 2.24) is 0 Å². The fourth-order valence-electron chi connectivity index (χ4n) is 2.20. The molecule has 0 aliphatic carbocycles. The number of carbonyl (C=O) groups is 1. The number of aromatic hydroxyl groups is 1. The van der Waals surface area contributed by atoms with Crippen molar-refractivity contribution in [3.05, 3.63) is 29.8 Å². The number of phenols is 1. The number of hydrogen-bond acceptors (Lipinski definition) is 3. The molecule has 1 rings (SSSR count). The van der Waals surface area contributed by atoms with Crippen LogP contribution in [0.2, 0.25) is 0 Å². The predicted octanol–water partition coefficient (Wildman–Crippen LogP) is 4.69. The van der Waals surface area contributed by atoms with Crippen LogP contribution in [0.15, 0.2) is 24.3 Å². The van der Waals surface area contributed by atoms with Crippen molar-refractivity contribution in [3.63, 3.8) is 0 Å². The molecular formula is C17H26O3. The molecule has 0 spiro atoms. The van der Waals surface area contributed by atoms with E-state index in [4.69, 9.17) is 4.74 Å². The van der Waals surface area contributed by atoms with Gasteiger partial charge in [0.15, 0.2) is 0 Å². The number of carbonyl (C=O) groups excluding carboxylic acids is 1. The van der Waals surface area contributed by atoms with Gasteiger partial charge in [-0.1, -0.05) is 39.5 Å². The second-order valence-corrected chi connectivity index (χ2v) is 5.21. The van der Waals surface area contributed by atoms with Crippen LogP contribution in [0, 0.1) is 0 Å². The summed E-state index contributed by atoms with van der Waals surface area (Å²) in [5.74, 6) is -0.134. The van der Waals surface area contributed by atoms with Gasteiger partial charge in [0, 0.05) is 0 Å². The van der Waals surface area contributed by atoms with E-state index in [1.54, 1.807) is 12.1 Å². The maximum absolute atomic E-state index is 12.0. The summed E-state index contributed by atoms with van der Waals surface area (Å²) >= 11 is 0. The average molecular weight is 278 g/mol. The van der Waals surface area contributed by atoms with E-state index < -0.39 is 0 Å². The van der Waals surface area contributed by atoms with Crippen LogP contribution in [-0.2, 0) is 4.74 Å². The number of benzene rings is 1. The van der Waals surface area contributed by atoms with E-state index in [0.717, 1.165) is 25.7 Å². The normalized spacial score (nSPS) is 12.1. The Morgan fingerprint density at radius 3 is 2.35 bits per heavy atom. The smallest absolute Gasteiger partial charge is 0.338 e. The van der Waals surface area contributed by atoms with Crippen LogP contribution >= 0.6 is 0 Å². The number of phenolic OH excluding ortho intramolecular Hbond substituents is 1. The Morgan fingerprint density at radius 1 is 1.05 bits per heavy atom. The molecule has 3 heteroatoms. The summed E-state index contributed by atoms with van der Waals surface area (Å²) in [5.41, 5.74) is 0.498. The Morgan fingerprint density at radius 2 is 1.75 bits per heavy atom. The molecule has 1 aromatic rings. The summed E-state index contributed by atoms with van der Waals surface area (Å²) in [6.45, 7) is 4.29. The van der Waals surface area contributed by atoms with Crippen molar-refractivity contribution in [2.24, 2.45) is 0 Å². The van der Waals surface area contributed by atoms with Gasteiger partial charge in [-0.2, -0.15) is 0 Å². The van der Waals surface area contributed by atoms with Crippen LogP contribution in [0.25, 0.3) is 0 Å². The van der Waals surface area contributed by atoms with Gasteiger partial charge < -0.3 is 9.84 Å². The van der Waals surface area contributed by atoms with E-state index in [-0.39, 0.29) is 17.8 Å². The summed E-state index contributed by atoms with van der Waals surface area (Å²) in [5, 5.41) is 9.22. The first-order valence-electron chi connectivity index (χ1n) is 7.67. The van der Waals surface area contributed by atoms with Crippen molar-refractivity contribution in [3.8, 4) is 5.75 Å². The molecule has 0 saturated heterocycles. The van der Waals surface area contributed by atoms with Gasteiger partial charge >= 0.3 is 5.97 Å². The van der Waals surface area contributed by atoms with E-state index >= 15 is 0 Å². The zero-order valence-corrected chi connectivity index (χ0v) is 12.6. The molecule has 1 aromatic carbocycles. The minimum absolute atomic E-state index is 0.0122. The highest BCUT2D eigenvalue weighted by molar-refractivity contribution is 5.89. The van der Waals surface area contributed by atoms with Gasteiger partial charge in [-0.3, -0.25) is 0 Å². The van der Waals surface area contributed by atoms with Crippen molar-refractivity contribution >= 4 is 5.97 Å². The minimum Gasteiger partial charge on any atom is -0.508 e. The van der Waals surface area contributed by atoms with Gasteiger partial charge in [-0.05, 0) is 43.5 Å². The molecule has 0 fully saturated rings. The molecule has 1 unspecified atom stereocenters. The first-order valence-corrected chi connectivity index (χ1v) is 7.67. The molecule has 0 aliphatic heterocycles. The van der Waals surface area contributed by atoms with Crippen LogP contribution in [0.3, 0.4) is 0 Å². The largest absolute Gasteiger partial charge is 0.508 e. The molecule has 0 bridgehead atoms. The molecule has 3 nitrogen and oxygen atoms in total. The van der Waals surface area contributed by atoms with Crippen LogP contribution < -0.4 is 0 Å². The van der Waals surface area contributed by atoms with Gasteiger partial charge in [-0.15, -0.1) is 0 Å². The summed E-state index contributed by atoms with van der Waals surface area (Å²) in [7, 11) is 0. The van der Waals surface area contributed by atoms with Crippen LogP contribution in [-0.4, -0.2) is 17.2 Å². The Hall–Kier alpha value is -1.51. The summed E-state index contributed by atoms with van der Waals surface area (Å²) in [6.07, 6.45) is 7.65. The van der Waals surface area contributed by atoms with Gasteiger partial charge in [0.2, 0.25) is 0 Å². The van der Waals surface area contributed by atoms with E-state index in [0.29, 0.717) is 5.56 Å². The summed E-state index contributed by atoms with van der Waals surface area (Å²) in [4.78, 5) is 12.0. The van der Waals surface area contributed by atoms with Gasteiger partial charge in [0.25, 0.3) is 0 Å². The lowest BCUT2D eigenvalue weighted by atomic mass is 10.1. The highest BCUT2D eigenvalue weighted by Crippen LogP contribution is 2.16. The first kappa shape index (κ1) is 16.5. The number of hydrogen-bond donors (Lipinski definition) is 1. The predicted molar refractivity (Wildman–Crippen MR) is 81.0 cm³/mol. The molecule has 0 amide bonds. The molecule has 0 aliphatic rings. The standard InChI is InChI=1S/C17H26O3/c1-3-5-6-7-9-16(8-4-2)20-17(19)14-10-12-15(18)13-11-14/h10-13,16,18H,3-9H2,1-2H3. The second-order valence-electron chi connectivity index (χ2n) is 5.21. The van der Waals surface area contributed by atoms with Gasteiger partial charge in [0.1, 0.15) is 11.9 Å². The van der Waals surface area contributed by atoms with E-state index in [1.807, 2.05) is 0 Å². The number of rotatable bonds is 9. The van der Waals surface area contributed by atoms with Crippen molar-refractivity contribution in [2.45, 2.75) is 64.9 Å². The molecule has 0 radical (unpaired) electrons. The SMILES string of the molecule is CCCCCCC(CCC)OC(=O)c1ccc(O)cc1. The molecule has 0 saturated carbocycles. The third-order valence-corrected chi connectivity index (χ3v) is 3.37. The fourth-order valence-corrected chi connectivity index (χ4v) is 2.20. The van der Waals surface area contributed by atoms with Crippen molar-refractivity contribution in [2.75, 3.05) is 0 Å². The molecule has 0 aromatic heterocycles. The van der Waals surface area contributed by atoms with E-state index in [2.05, 4.69) is 13.8 Å². The monoisotopic (exact) mass is 278 g/mol. The van der Waals surface area contributed by atoms with Gasteiger partial charge in [-0.25, -0.2) is 4.79 Å². The third-order valence-electron chi connectivity index (χ3n) is 3.37. The maximum Gasteiger partial charge on any atom is 0.338 e. The number of ether oxygens (including phenoxy) is 1. The number of unbranched alkanes of at least 4 members (excludes halogenated alkanes) is 3. The van der Waals surface area contributed by atoms with E-state index in [1.165, 1.54) is 31.4 Å². The lowest BCUT2D eigenvalue weighted by Crippen LogP contribution is -2.18. The van der Waals surface area contributed by atoms with Gasteiger partial charge in [0.05, 0.1) is 5.56 Å². The highest BCUT2D eigenvalue weighted by Gasteiger charge is 2.15. The van der Waals surface area contributed by atoms with Crippen LogP contribution in [0.1, 0.15) is 69.2 Å². The fraction of sp³-hybridized carbons (Fsp3) is 0.588. The maximum atomic E-state index is 12.0. The summed E-state index contributed by atoms with van der Waals surface area (Å²) < 4.78 is 5.58. The van der Waals surface area contributed by atoms with Crippen molar-refractivity contribution < 1.29 is 14.6 Å². The average Bonchev–Trinajstić information content (AvgIpc) is 2.44. The Balaban J connectivity index is 2.47. The molecule has 0 heterocycles. The Labute approximate surface area is 122 Å².